The number of pyridine rings is 1. The molecule has 156 valence electrons. The molecule has 2 N–H and O–H groups in total. The summed E-state index contributed by atoms with van der Waals surface area (Å²) in [6.07, 6.45) is 6.01. The number of likely N-dealkylation sites (tertiary alicyclic amines) is 1. The van der Waals surface area contributed by atoms with Gasteiger partial charge in [0.1, 0.15) is 11.9 Å². The topological polar surface area (TPSA) is 79.4 Å². The highest BCUT2D eigenvalue weighted by atomic mass is 32.1. The molecule has 0 bridgehead atoms. The summed E-state index contributed by atoms with van der Waals surface area (Å²) in [6, 6.07) is 5.93. The maximum Gasteiger partial charge on any atom is 0.242 e. The van der Waals surface area contributed by atoms with Crippen molar-refractivity contribution in [3.05, 3.63) is 35.0 Å². The Morgan fingerprint density at radius 2 is 2.24 bits per heavy atom. The van der Waals surface area contributed by atoms with Crippen molar-refractivity contribution in [2.45, 2.75) is 44.6 Å². The van der Waals surface area contributed by atoms with Crippen molar-refractivity contribution in [3.8, 4) is 0 Å². The number of carbonyl (C=O) groups excluding carboxylic acids is 1. The molecule has 2 fully saturated rings. The third kappa shape index (κ3) is 5.12. The van der Waals surface area contributed by atoms with Crippen LogP contribution in [0.4, 0.5) is 10.9 Å². The number of carbonyl (C=O) groups is 1. The molecule has 2 saturated heterocycles. The monoisotopic (exact) mass is 415 g/mol. The van der Waals surface area contributed by atoms with Crippen LogP contribution in [0.5, 0.6) is 0 Å². The quantitative estimate of drug-likeness (QED) is 0.755. The smallest absolute Gasteiger partial charge is 0.242 e. The molecule has 8 heteroatoms. The number of thiazole rings is 1. The van der Waals surface area contributed by atoms with Gasteiger partial charge in [-0.1, -0.05) is 19.4 Å². The summed E-state index contributed by atoms with van der Waals surface area (Å²) >= 11 is 1.69. The molecule has 0 spiro atoms. The lowest BCUT2D eigenvalue weighted by molar-refractivity contribution is -0.137. The molecule has 0 saturated carbocycles. The van der Waals surface area contributed by atoms with E-state index in [0.717, 1.165) is 62.0 Å². The molecule has 4 heterocycles. The Balaban J connectivity index is 1.33. The summed E-state index contributed by atoms with van der Waals surface area (Å²) in [7, 11) is 0. The summed E-state index contributed by atoms with van der Waals surface area (Å²) < 4.78 is 5.43. The maximum atomic E-state index is 12.7. The van der Waals surface area contributed by atoms with Crippen molar-refractivity contribution in [2.24, 2.45) is 0 Å². The molecule has 2 aliphatic rings. The summed E-state index contributed by atoms with van der Waals surface area (Å²) in [5.41, 5.74) is 1.09. The number of nitrogens with one attached hydrogen (secondary N) is 2. The maximum absolute atomic E-state index is 12.7. The van der Waals surface area contributed by atoms with Gasteiger partial charge in [-0.05, 0) is 31.4 Å². The first-order valence-corrected chi connectivity index (χ1v) is 11.3. The van der Waals surface area contributed by atoms with Crippen LogP contribution >= 0.6 is 11.3 Å². The van der Waals surface area contributed by atoms with Gasteiger partial charge in [0.05, 0.1) is 13.2 Å². The summed E-state index contributed by atoms with van der Waals surface area (Å²) in [5, 5.41) is 7.49. The van der Waals surface area contributed by atoms with E-state index in [1.54, 1.807) is 11.3 Å². The van der Waals surface area contributed by atoms with E-state index in [0.29, 0.717) is 19.1 Å². The van der Waals surface area contributed by atoms with Crippen molar-refractivity contribution >= 4 is 28.2 Å². The third-order valence-electron chi connectivity index (χ3n) is 5.50. The number of aromatic nitrogens is 2. The minimum atomic E-state index is -0.193. The standard InChI is InChI=1S/C21H29N5O2S/c1-2-4-16-13-23-21(29-16)25-19-6-3-5-17(24-19)15-7-10-26(11-8-15)20(27)18-14-28-12-9-22-18/h3,5-6,13,15,18,22H,2,4,7-12,14H2,1H3,(H,23,24,25)/t18-/m0/s1. The lowest BCUT2D eigenvalue weighted by atomic mass is 9.92. The van der Waals surface area contributed by atoms with Crippen molar-refractivity contribution in [3.63, 3.8) is 0 Å². The highest BCUT2D eigenvalue weighted by Crippen LogP contribution is 2.29. The van der Waals surface area contributed by atoms with Crippen LogP contribution in [-0.2, 0) is 16.0 Å². The molecule has 7 nitrogen and oxygen atoms in total. The van der Waals surface area contributed by atoms with E-state index in [1.807, 2.05) is 23.2 Å². The molecule has 1 amide bonds. The molecule has 2 aromatic rings. The Bertz CT molecular complexity index is 813. The normalized spacial score (nSPS) is 20.6. The van der Waals surface area contributed by atoms with Crippen molar-refractivity contribution in [1.82, 2.24) is 20.2 Å². The van der Waals surface area contributed by atoms with Gasteiger partial charge in [0.2, 0.25) is 5.91 Å². The molecule has 4 rings (SSSR count). The first kappa shape index (κ1) is 20.3. The zero-order valence-corrected chi connectivity index (χ0v) is 17.7. The first-order valence-electron chi connectivity index (χ1n) is 10.5. The predicted octanol–water partition coefficient (Wildman–Crippen LogP) is 2.93. The van der Waals surface area contributed by atoms with E-state index in [1.165, 1.54) is 4.88 Å². The molecule has 0 aliphatic carbocycles. The molecule has 2 aliphatic heterocycles. The number of rotatable bonds is 6. The van der Waals surface area contributed by atoms with Gasteiger partial charge in [0, 0.05) is 42.3 Å². The Morgan fingerprint density at radius 1 is 1.38 bits per heavy atom. The number of aryl methyl sites for hydroxylation is 1. The Labute approximate surface area is 175 Å². The number of hydrogen-bond acceptors (Lipinski definition) is 7. The summed E-state index contributed by atoms with van der Waals surface area (Å²) in [4.78, 5) is 25.2. The molecule has 1 atom stereocenters. The fourth-order valence-electron chi connectivity index (χ4n) is 3.93. The molecule has 0 aromatic carbocycles. The van der Waals surface area contributed by atoms with Gasteiger partial charge in [0.15, 0.2) is 5.13 Å². The molecule has 29 heavy (non-hydrogen) atoms. The second-order valence-electron chi connectivity index (χ2n) is 7.64. The molecule has 0 unspecified atom stereocenters. The summed E-state index contributed by atoms with van der Waals surface area (Å²) in [6.45, 7) is 5.63. The highest BCUT2D eigenvalue weighted by molar-refractivity contribution is 7.15. The van der Waals surface area contributed by atoms with Crippen molar-refractivity contribution in [1.29, 1.82) is 0 Å². The second kappa shape index (κ2) is 9.65. The van der Waals surface area contributed by atoms with Gasteiger partial charge in [-0.2, -0.15) is 0 Å². The number of morpholine rings is 1. The Morgan fingerprint density at radius 3 is 3.00 bits per heavy atom. The van der Waals surface area contributed by atoms with E-state index in [9.17, 15) is 4.79 Å². The van der Waals surface area contributed by atoms with E-state index in [4.69, 9.17) is 9.72 Å². The number of amides is 1. The highest BCUT2D eigenvalue weighted by Gasteiger charge is 2.30. The largest absolute Gasteiger partial charge is 0.378 e. The first-order chi connectivity index (χ1) is 14.2. The number of nitrogens with zero attached hydrogens (tertiary/aromatic N) is 3. The van der Waals surface area contributed by atoms with E-state index < -0.39 is 0 Å². The van der Waals surface area contributed by atoms with Crippen molar-refractivity contribution in [2.75, 3.05) is 38.2 Å². The Kier molecular flexibility index (Phi) is 6.74. The van der Waals surface area contributed by atoms with Gasteiger partial charge in [-0.25, -0.2) is 9.97 Å². The Hall–Kier alpha value is -2.03. The zero-order valence-electron chi connectivity index (χ0n) is 16.9. The van der Waals surface area contributed by atoms with Crippen LogP contribution in [0, 0.1) is 0 Å². The van der Waals surface area contributed by atoms with Crippen LogP contribution in [0.3, 0.4) is 0 Å². The van der Waals surface area contributed by atoms with Gasteiger partial charge >= 0.3 is 0 Å². The van der Waals surface area contributed by atoms with Crippen LogP contribution in [-0.4, -0.2) is 59.7 Å². The number of piperidine rings is 1. The fraction of sp³-hybridized carbons (Fsp3) is 0.571. The third-order valence-corrected chi connectivity index (χ3v) is 6.47. The second-order valence-corrected chi connectivity index (χ2v) is 8.75. The minimum absolute atomic E-state index is 0.165. The zero-order chi connectivity index (χ0) is 20.1. The van der Waals surface area contributed by atoms with E-state index in [-0.39, 0.29) is 11.9 Å². The summed E-state index contributed by atoms with van der Waals surface area (Å²) in [5.74, 6) is 1.38. The van der Waals surface area contributed by atoms with E-state index >= 15 is 0 Å². The van der Waals surface area contributed by atoms with Crippen LogP contribution in [0.2, 0.25) is 0 Å². The fourth-order valence-corrected chi connectivity index (χ4v) is 4.85. The number of anilines is 2. The molecular formula is C21H29N5O2S. The average molecular weight is 416 g/mol. The number of hydrogen-bond donors (Lipinski definition) is 2. The molecule has 2 aromatic heterocycles. The van der Waals surface area contributed by atoms with Gasteiger partial charge < -0.3 is 20.3 Å². The van der Waals surface area contributed by atoms with Crippen LogP contribution in [0.15, 0.2) is 24.4 Å². The van der Waals surface area contributed by atoms with Crippen LogP contribution in [0.1, 0.15) is 42.7 Å². The number of ether oxygens (including phenoxy) is 1. The average Bonchev–Trinajstić information content (AvgIpc) is 3.21. The van der Waals surface area contributed by atoms with Gasteiger partial charge in [-0.15, -0.1) is 11.3 Å². The van der Waals surface area contributed by atoms with Crippen molar-refractivity contribution < 1.29 is 9.53 Å². The lowest BCUT2D eigenvalue weighted by Crippen LogP contribution is -2.53. The van der Waals surface area contributed by atoms with Crippen LogP contribution in [0.25, 0.3) is 0 Å². The minimum Gasteiger partial charge on any atom is -0.378 e. The SMILES string of the molecule is CCCc1cnc(Nc2cccc(C3CCN(C(=O)[C@@H]4COCCN4)CC3)n2)s1. The molecular weight excluding hydrogens is 386 g/mol. The van der Waals surface area contributed by atoms with Gasteiger partial charge in [0.25, 0.3) is 0 Å². The predicted molar refractivity (Wildman–Crippen MR) is 115 cm³/mol. The lowest BCUT2D eigenvalue weighted by Gasteiger charge is -2.35. The van der Waals surface area contributed by atoms with E-state index in [2.05, 4.69) is 28.6 Å². The van der Waals surface area contributed by atoms with Crippen LogP contribution < -0.4 is 10.6 Å². The van der Waals surface area contributed by atoms with Gasteiger partial charge in [-0.3, -0.25) is 4.79 Å². The molecule has 0 radical (unpaired) electrons.